The van der Waals surface area contributed by atoms with Crippen LogP contribution in [-0.4, -0.2) is 10.1 Å². The third kappa shape index (κ3) is 2.60. The minimum Gasteiger partial charge on any atom is -0.388 e. The van der Waals surface area contributed by atoms with Gasteiger partial charge in [0.2, 0.25) is 0 Å². The number of aryl methyl sites for hydroxylation is 1. The number of aliphatic hydroxyl groups is 1. The largest absolute Gasteiger partial charge is 0.388 e. The molecule has 1 unspecified atom stereocenters. The smallest absolute Gasteiger partial charge is 0.103 e. The van der Waals surface area contributed by atoms with Gasteiger partial charge in [-0.25, -0.2) is 4.98 Å². The molecular formula is C14H15NOS2. The third-order valence-electron chi connectivity index (χ3n) is 3.07. The molecule has 0 radical (unpaired) electrons. The average Bonchev–Trinajstić information content (AvgIpc) is 2.82. The van der Waals surface area contributed by atoms with Gasteiger partial charge in [-0.2, -0.15) is 0 Å². The van der Waals surface area contributed by atoms with Crippen molar-refractivity contribution in [2.75, 3.05) is 0 Å². The van der Waals surface area contributed by atoms with Gasteiger partial charge in [-0.15, -0.1) is 23.1 Å². The van der Waals surface area contributed by atoms with Crippen molar-refractivity contribution in [3.8, 4) is 0 Å². The first-order valence-corrected chi connectivity index (χ1v) is 7.97. The molecule has 1 N–H and O–H groups in total. The summed E-state index contributed by atoms with van der Waals surface area (Å²) < 4.78 is 0. The van der Waals surface area contributed by atoms with Gasteiger partial charge in [0.1, 0.15) is 5.01 Å². The molecule has 0 spiro atoms. The van der Waals surface area contributed by atoms with Crippen molar-refractivity contribution < 1.29 is 5.11 Å². The molecule has 0 saturated heterocycles. The van der Waals surface area contributed by atoms with Gasteiger partial charge in [0.25, 0.3) is 0 Å². The van der Waals surface area contributed by atoms with Crippen LogP contribution in [0.15, 0.2) is 35.2 Å². The van der Waals surface area contributed by atoms with Gasteiger partial charge in [0, 0.05) is 4.90 Å². The second-order valence-corrected chi connectivity index (χ2v) is 6.59. The number of thioether (sulfide) groups is 1. The van der Waals surface area contributed by atoms with E-state index in [9.17, 15) is 5.11 Å². The van der Waals surface area contributed by atoms with E-state index >= 15 is 0 Å². The lowest BCUT2D eigenvalue weighted by Gasteiger charge is -2.14. The van der Waals surface area contributed by atoms with Crippen LogP contribution in [0.3, 0.4) is 0 Å². The van der Waals surface area contributed by atoms with E-state index in [-0.39, 0.29) is 6.10 Å². The van der Waals surface area contributed by atoms with Crippen molar-refractivity contribution in [1.29, 1.82) is 0 Å². The highest BCUT2D eigenvalue weighted by Crippen LogP contribution is 2.35. The predicted octanol–water partition coefficient (Wildman–Crippen LogP) is 3.81. The van der Waals surface area contributed by atoms with Gasteiger partial charge in [-0.05, 0) is 31.4 Å². The number of fused-ring (bicyclic) bond motifs is 1. The van der Waals surface area contributed by atoms with E-state index in [4.69, 9.17) is 0 Å². The summed E-state index contributed by atoms with van der Waals surface area (Å²) >= 11 is 3.49. The van der Waals surface area contributed by atoms with Crippen LogP contribution in [0.25, 0.3) is 0 Å². The maximum atomic E-state index is 9.92. The Morgan fingerprint density at radius 2 is 2.17 bits per heavy atom. The minimum atomic E-state index is -0.276. The van der Waals surface area contributed by atoms with E-state index in [1.165, 1.54) is 4.90 Å². The van der Waals surface area contributed by atoms with Gasteiger partial charge in [-0.1, -0.05) is 18.2 Å². The molecular weight excluding hydrogens is 262 g/mol. The first kappa shape index (κ1) is 12.2. The lowest BCUT2D eigenvalue weighted by molar-refractivity contribution is 0.160. The Morgan fingerprint density at radius 3 is 2.94 bits per heavy atom. The number of hydrogen-bond acceptors (Lipinski definition) is 4. The molecule has 0 fully saturated rings. The van der Waals surface area contributed by atoms with Gasteiger partial charge in [0.05, 0.1) is 22.4 Å². The fraction of sp³-hybridized carbons (Fsp3) is 0.357. The van der Waals surface area contributed by atoms with Crippen LogP contribution in [0, 0.1) is 0 Å². The monoisotopic (exact) mass is 277 g/mol. The molecule has 1 atom stereocenters. The molecule has 0 saturated carbocycles. The second-order valence-electron chi connectivity index (χ2n) is 4.43. The fourth-order valence-electron chi connectivity index (χ4n) is 2.17. The molecule has 94 valence electrons. The average molecular weight is 277 g/mol. The second kappa shape index (κ2) is 5.43. The Balaban J connectivity index is 1.70. The SMILES string of the molecule is OC1CCCc2nc(CSc3ccccc3)sc21. The number of aliphatic hydroxyl groups excluding tert-OH is 1. The zero-order chi connectivity index (χ0) is 12.4. The Bertz CT molecular complexity index is 524. The van der Waals surface area contributed by atoms with Crippen molar-refractivity contribution in [3.63, 3.8) is 0 Å². The molecule has 1 aromatic heterocycles. The third-order valence-corrected chi connectivity index (χ3v) is 5.48. The summed E-state index contributed by atoms with van der Waals surface area (Å²) in [6.45, 7) is 0. The highest BCUT2D eigenvalue weighted by atomic mass is 32.2. The van der Waals surface area contributed by atoms with Crippen LogP contribution in [0.1, 0.15) is 34.5 Å². The lowest BCUT2D eigenvalue weighted by Crippen LogP contribution is -2.06. The Hall–Kier alpha value is -0.840. The lowest BCUT2D eigenvalue weighted by atomic mass is 10.0. The zero-order valence-electron chi connectivity index (χ0n) is 10.0. The van der Waals surface area contributed by atoms with Crippen LogP contribution in [-0.2, 0) is 12.2 Å². The normalized spacial score (nSPS) is 18.6. The zero-order valence-corrected chi connectivity index (χ0v) is 11.6. The van der Waals surface area contributed by atoms with E-state index in [2.05, 4.69) is 29.2 Å². The molecule has 1 aliphatic rings. The van der Waals surface area contributed by atoms with Gasteiger partial charge < -0.3 is 5.11 Å². The van der Waals surface area contributed by atoms with Gasteiger partial charge in [-0.3, -0.25) is 0 Å². The van der Waals surface area contributed by atoms with Gasteiger partial charge in [0.15, 0.2) is 0 Å². The first-order valence-electron chi connectivity index (χ1n) is 6.17. The summed E-state index contributed by atoms with van der Waals surface area (Å²) in [5.41, 5.74) is 1.13. The molecule has 2 nitrogen and oxygen atoms in total. The number of nitrogens with zero attached hydrogens (tertiary/aromatic N) is 1. The molecule has 2 aromatic rings. The Kier molecular flexibility index (Phi) is 3.68. The van der Waals surface area contributed by atoms with Crippen molar-refractivity contribution in [2.24, 2.45) is 0 Å². The van der Waals surface area contributed by atoms with Crippen LogP contribution >= 0.6 is 23.1 Å². The van der Waals surface area contributed by atoms with Crippen LogP contribution in [0.2, 0.25) is 0 Å². The van der Waals surface area contributed by atoms with E-state index in [0.29, 0.717) is 0 Å². The summed E-state index contributed by atoms with van der Waals surface area (Å²) in [5, 5.41) is 11.1. The molecule has 0 aliphatic heterocycles. The topological polar surface area (TPSA) is 33.1 Å². The summed E-state index contributed by atoms with van der Waals surface area (Å²) in [5.74, 6) is 0.897. The van der Waals surface area contributed by atoms with E-state index in [1.54, 1.807) is 23.1 Å². The van der Waals surface area contributed by atoms with E-state index in [0.717, 1.165) is 40.6 Å². The standard InChI is InChI=1S/C14H15NOS2/c16-12-8-4-7-11-14(12)18-13(15-11)9-17-10-5-2-1-3-6-10/h1-3,5-6,12,16H,4,7-9H2. The summed E-state index contributed by atoms with van der Waals surface area (Å²) in [6.07, 6.45) is 2.70. The van der Waals surface area contributed by atoms with E-state index < -0.39 is 0 Å². The number of aromatic nitrogens is 1. The van der Waals surface area contributed by atoms with Crippen molar-refractivity contribution in [1.82, 2.24) is 4.98 Å². The number of hydrogen-bond donors (Lipinski definition) is 1. The minimum absolute atomic E-state index is 0.276. The van der Waals surface area contributed by atoms with E-state index in [1.807, 2.05) is 6.07 Å². The fourth-order valence-corrected chi connectivity index (χ4v) is 4.22. The highest BCUT2D eigenvalue weighted by molar-refractivity contribution is 7.98. The number of rotatable bonds is 3. The molecule has 0 amide bonds. The molecule has 0 bridgehead atoms. The number of benzene rings is 1. The highest BCUT2D eigenvalue weighted by Gasteiger charge is 2.22. The maximum absolute atomic E-state index is 9.92. The van der Waals surface area contributed by atoms with Crippen LogP contribution < -0.4 is 0 Å². The summed E-state index contributed by atoms with van der Waals surface area (Å²) in [4.78, 5) is 7.03. The van der Waals surface area contributed by atoms with Gasteiger partial charge >= 0.3 is 0 Å². The molecule has 1 heterocycles. The molecule has 3 rings (SSSR count). The van der Waals surface area contributed by atoms with Crippen molar-refractivity contribution in [2.45, 2.75) is 36.0 Å². The summed E-state index contributed by atoms with van der Waals surface area (Å²) in [7, 11) is 0. The predicted molar refractivity (Wildman–Crippen MR) is 76.0 cm³/mol. The van der Waals surface area contributed by atoms with Crippen LogP contribution in [0.4, 0.5) is 0 Å². The Labute approximate surface area is 115 Å². The molecule has 1 aliphatic carbocycles. The van der Waals surface area contributed by atoms with Crippen molar-refractivity contribution in [3.05, 3.63) is 45.9 Å². The molecule has 18 heavy (non-hydrogen) atoms. The van der Waals surface area contributed by atoms with Crippen molar-refractivity contribution >= 4 is 23.1 Å². The first-order chi connectivity index (χ1) is 8.83. The van der Waals surface area contributed by atoms with Crippen LogP contribution in [0.5, 0.6) is 0 Å². The molecule has 4 heteroatoms. The summed E-state index contributed by atoms with van der Waals surface area (Å²) in [6, 6.07) is 10.4. The Morgan fingerprint density at radius 1 is 1.33 bits per heavy atom. The quantitative estimate of drug-likeness (QED) is 0.866. The maximum Gasteiger partial charge on any atom is 0.103 e. The molecule has 1 aromatic carbocycles. The number of thiazole rings is 1.